The molecule has 2 saturated heterocycles. The number of piperidine rings is 1. The molecular formula is C17H23NO. The molecule has 2 aliphatic heterocycles. The van der Waals surface area contributed by atoms with Gasteiger partial charge in [-0.15, -0.1) is 0 Å². The van der Waals surface area contributed by atoms with Gasteiger partial charge in [0.2, 0.25) is 0 Å². The van der Waals surface area contributed by atoms with Crippen LogP contribution in [0.4, 0.5) is 0 Å². The maximum atomic E-state index is 12.2. The van der Waals surface area contributed by atoms with Crippen molar-refractivity contribution in [3.63, 3.8) is 0 Å². The fourth-order valence-corrected chi connectivity index (χ4v) is 4.18. The lowest BCUT2D eigenvalue weighted by molar-refractivity contribution is -0.124. The zero-order chi connectivity index (χ0) is 13.6. The molecule has 2 aliphatic rings. The summed E-state index contributed by atoms with van der Waals surface area (Å²) >= 11 is 0. The SMILES string of the molecule is CC(=O)[C@@H]1C2CC[C@H](C[C@@H]1c1ccc(C)cc1)N2C. The van der Waals surface area contributed by atoms with E-state index >= 15 is 0 Å². The number of hydrogen-bond donors (Lipinski definition) is 0. The summed E-state index contributed by atoms with van der Waals surface area (Å²) < 4.78 is 0. The summed E-state index contributed by atoms with van der Waals surface area (Å²) in [6, 6.07) is 9.93. The molecule has 4 atom stereocenters. The van der Waals surface area contributed by atoms with E-state index in [1.165, 1.54) is 24.0 Å². The first-order valence-electron chi connectivity index (χ1n) is 7.37. The van der Waals surface area contributed by atoms with Gasteiger partial charge >= 0.3 is 0 Å². The normalized spacial score (nSPS) is 34.5. The highest BCUT2D eigenvalue weighted by Gasteiger charge is 2.47. The zero-order valence-corrected chi connectivity index (χ0v) is 12.1. The highest BCUT2D eigenvalue weighted by molar-refractivity contribution is 5.80. The lowest BCUT2D eigenvalue weighted by atomic mass is 9.74. The molecule has 19 heavy (non-hydrogen) atoms. The van der Waals surface area contributed by atoms with E-state index in [0.717, 1.165) is 6.42 Å². The van der Waals surface area contributed by atoms with E-state index in [9.17, 15) is 4.79 Å². The first-order chi connectivity index (χ1) is 9.08. The minimum Gasteiger partial charge on any atom is -0.300 e. The third-order valence-electron chi connectivity index (χ3n) is 5.24. The lowest BCUT2D eigenvalue weighted by Gasteiger charge is -2.42. The van der Waals surface area contributed by atoms with Crippen molar-refractivity contribution in [2.75, 3.05) is 7.05 Å². The van der Waals surface area contributed by atoms with Gasteiger partial charge in [0.15, 0.2) is 0 Å². The first kappa shape index (κ1) is 12.9. The van der Waals surface area contributed by atoms with E-state index in [0.29, 0.717) is 23.8 Å². The third kappa shape index (κ3) is 2.12. The largest absolute Gasteiger partial charge is 0.300 e. The summed E-state index contributed by atoms with van der Waals surface area (Å²) in [7, 11) is 2.20. The minimum atomic E-state index is 0.187. The van der Waals surface area contributed by atoms with Crippen LogP contribution in [0.15, 0.2) is 24.3 Å². The highest BCUT2D eigenvalue weighted by atomic mass is 16.1. The number of hydrogen-bond acceptors (Lipinski definition) is 2. The summed E-state index contributed by atoms with van der Waals surface area (Å²) in [4.78, 5) is 14.6. The maximum Gasteiger partial charge on any atom is 0.135 e. The predicted octanol–water partition coefficient (Wildman–Crippen LogP) is 3.15. The quantitative estimate of drug-likeness (QED) is 0.811. The average Bonchev–Trinajstić information content (AvgIpc) is 2.63. The first-order valence-corrected chi connectivity index (χ1v) is 7.37. The average molecular weight is 257 g/mol. The number of aryl methyl sites for hydroxylation is 1. The molecule has 1 aromatic carbocycles. The number of Topliss-reactive ketones (excluding diaryl/α,β-unsaturated/α-hetero) is 1. The molecule has 2 bridgehead atoms. The second-order valence-corrected chi connectivity index (χ2v) is 6.35. The Bertz CT molecular complexity index is 479. The Morgan fingerprint density at radius 3 is 2.53 bits per heavy atom. The van der Waals surface area contributed by atoms with Crippen LogP contribution >= 0.6 is 0 Å². The van der Waals surface area contributed by atoms with Gasteiger partial charge in [-0.1, -0.05) is 29.8 Å². The van der Waals surface area contributed by atoms with Gasteiger partial charge in [-0.3, -0.25) is 9.69 Å². The fourth-order valence-electron chi connectivity index (χ4n) is 4.18. The third-order valence-corrected chi connectivity index (χ3v) is 5.24. The molecule has 102 valence electrons. The number of benzene rings is 1. The van der Waals surface area contributed by atoms with Crippen LogP contribution in [0.25, 0.3) is 0 Å². The Labute approximate surface area is 115 Å². The van der Waals surface area contributed by atoms with Crippen LogP contribution in [0.1, 0.15) is 43.2 Å². The molecule has 0 spiro atoms. The molecule has 2 heterocycles. The van der Waals surface area contributed by atoms with E-state index < -0.39 is 0 Å². The number of carbonyl (C=O) groups excluding carboxylic acids is 1. The fraction of sp³-hybridized carbons (Fsp3) is 0.588. The molecule has 0 N–H and O–H groups in total. The summed E-state index contributed by atoms with van der Waals surface area (Å²) in [6.45, 7) is 3.89. The molecular weight excluding hydrogens is 234 g/mol. The van der Waals surface area contributed by atoms with Gasteiger partial charge in [0.1, 0.15) is 5.78 Å². The monoisotopic (exact) mass is 257 g/mol. The summed E-state index contributed by atoms with van der Waals surface area (Å²) in [5.41, 5.74) is 2.65. The van der Waals surface area contributed by atoms with Crippen molar-refractivity contribution in [1.29, 1.82) is 0 Å². The zero-order valence-electron chi connectivity index (χ0n) is 12.1. The topological polar surface area (TPSA) is 20.3 Å². The van der Waals surface area contributed by atoms with Gasteiger partial charge in [-0.25, -0.2) is 0 Å². The van der Waals surface area contributed by atoms with Crippen molar-refractivity contribution in [3.05, 3.63) is 35.4 Å². The summed E-state index contributed by atoms with van der Waals surface area (Å²) in [5, 5.41) is 0. The Morgan fingerprint density at radius 1 is 1.21 bits per heavy atom. The Morgan fingerprint density at radius 2 is 1.89 bits per heavy atom. The standard InChI is InChI=1S/C17H23NO/c1-11-4-6-13(7-5-11)15-10-14-8-9-16(18(14)3)17(15)12(2)19/h4-7,14-17H,8-10H2,1-3H3/t14-,15-,16?,17+/m1/s1. The van der Waals surface area contributed by atoms with E-state index in [-0.39, 0.29) is 5.92 Å². The summed E-state index contributed by atoms with van der Waals surface area (Å²) in [6.07, 6.45) is 3.58. The van der Waals surface area contributed by atoms with Crippen molar-refractivity contribution in [1.82, 2.24) is 4.90 Å². The number of carbonyl (C=O) groups is 1. The van der Waals surface area contributed by atoms with E-state index in [4.69, 9.17) is 0 Å². The van der Waals surface area contributed by atoms with Crippen LogP contribution in [0.3, 0.4) is 0 Å². The molecule has 0 radical (unpaired) electrons. The molecule has 3 rings (SSSR count). The Balaban J connectivity index is 1.95. The van der Waals surface area contributed by atoms with Gasteiger partial charge in [0.05, 0.1) is 0 Å². The second kappa shape index (κ2) is 4.75. The van der Waals surface area contributed by atoms with Crippen LogP contribution in [0, 0.1) is 12.8 Å². The van der Waals surface area contributed by atoms with Crippen molar-refractivity contribution < 1.29 is 4.79 Å². The Hall–Kier alpha value is -1.15. The molecule has 2 fully saturated rings. The molecule has 0 amide bonds. The maximum absolute atomic E-state index is 12.2. The van der Waals surface area contributed by atoms with Crippen LogP contribution in [-0.4, -0.2) is 29.8 Å². The van der Waals surface area contributed by atoms with Crippen LogP contribution in [0.2, 0.25) is 0 Å². The predicted molar refractivity (Wildman–Crippen MR) is 77.3 cm³/mol. The van der Waals surface area contributed by atoms with E-state index in [1.807, 2.05) is 0 Å². The number of rotatable bonds is 2. The van der Waals surface area contributed by atoms with Gasteiger partial charge in [-0.2, -0.15) is 0 Å². The second-order valence-electron chi connectivity index (χ2n) is 6.35. The molecule has 0 aliphatic carbocycles. The molecule has 0 aromatic heterocycles. The summed E-state index contributed by atoms with van der Waals surface area (Å²) in [5.74, 6) is 0.973. The van der Waals surface area contributed by atoms with Gasteiger partial charge < -0.3 is 0 Å². The highest BCUT2D eigenvalue weighted by Crippen LogP contribution is 2.46. The molecule has 0 saturated carbocycles. The van der Waals surface area contributed by atoms with Gasteiger partial charge in [0.25, 0.3) is 0 Å². The molecule has 2 heteroatoms. The van der Waals surface area contributed by atoms with Crippen LogP contribution in [-0.2, 0) is 4.79 Å². The van der Waals surface area contributed by atoms with E-state index in [1.54, 1.807) is 6.92 Å². The van der Waals surface area contributed by atoms with Crippen LogP contribution < -0.4 is 0 Å². The van der Waals surface area contributed by atoms with E-state index in [2.05, 4.69) is 43.1 Å². The van der Waals surface area contributed by atoms with Gasteiger partial charge in [-0.05, 0) is 51.6 Å². The smallest absolute Gasteiger partial charge is 0.135 e. The number of nitrogens with zero attached hydrogens (tertiary/aromatic N) is 1. The van der Waals surface area contributed by atoms with Crippen molar-refractivity contribution >= 4 is 5.78 Å². The van der Waals surface area contributed by atoms with Crippen molar-refractivity contribution in [3.8, 4) is 0 Å². The van der Waals surface area contributed by atoms with Crippen molar-refractivity contribution in [2.45, 2.75) is 51.1 Å². The molecule has 1 unspecified atom stereocenters. The van der Waals surface area contributed by atoms with Gasteiger partial charge in [0, 0.05) is 18.0 Å². The molecule has 2 nitrogen and oxygen atoms in total. The minimum absolute atomic E-state index is 0.187. The van der Waals surface area contributed by atoms with Crippen LogP contribution in [0.5, 0.6) is 0 Å². The van der Waals surface area contributed by atoms with Crippen molar-refractivity contribution in [2.24, 2.45) is 5.92 Å². The Kier molecular flexibility index (Phi) is 3.22. The lowest BCUT2D eigenvalue weighted by Crippen LogP contribution is -2.48. The number of ketones is 1. The number of fused-ring (bicyclic) bond motifs is 2. The molecule has 1 aromatic rings.